The number of methoxy groups -OCH3 is 2. The molecule has 1 aliphatic rings. The summed E-state index contributed by atoms with van der Waals surface area (Å²) >= 11 is 0. The zero-order chi connectivity index (χ0) is 20.3. The number of carbonyl (C=O) groups excluding carboxylic acids is 3. The predicted octanol–water partition coefficient (Wildman–Crippen LogP) is 2.62. The van der Waals surface area contributed by atoms with E-state index in [0.29, 0.717) is 6.54 Å². The van der Waals surface area contributed by atoms with Gasteiger partial charge in [-0.05, 0) is 43.2 Å². The third-order valence-corrected chi connectivity index (χ3v) is 4.56. The molecule has 0 aliphatic carbocycles. The van der Waals surface area contributed by atoms with Crippen LogP contribution < -0.4 is 9.64 Å². The first-order valence-corrected chi connectivity index (χ1v) is 8.82. The molecule has 0 unspecified atom stereocenters. The summed E-state index contributed by atoms with van der Waals surface area (Å²) in [5.74, 6) is -1.24. The Balaban J connectivity index is 1.83. The molecule has 1 heterocycles. The second kappa shape index (κ2) is 8.12. The Morgan fingerprint density at radius 1 is 0.964 bits per heavy atom. The van der Waals surface area contributed by atoms with Crippen LogP contribution in [0.5, 0.6) is 5.75 Å². The van der Waals surface area contributed by atoms with Crippen molar-refractivity contribution in [3.8, 4) is 5.75 Å². The van der Waals surface area contributed by atoms with E-state index in [1.54, 1.807) is 11.8 Å². The van der Waals surface area contributed by atoms with Crippen molar-refractivity contribution in [2.45, 2.75) is 19.4 Å². The third kappa shape index (κ3) is 3.83. The summed E-state index contributed by atoms with van der Waals surface area (Å²) < 4.78 is 15.2. The van der Waals surface area contributed by atoms with Crippen molar-refractivity contribution in [3.05, 3.63) is 59.2 Å². The van der Waals surface area contributed by atoms with Crippen LogP contribution in [0.1, 0.15) is 33.2 Å². The van der Waals surface area contributed by atoms with Gasteiger partial charge < -0.3 is 19.1 Å². The second-order valence-corrected chi connectivity index (χ2v) is 6.36. The van der Waals surface area contributed by atoms with Gasteiger partial charge in [0.05, 0.1) is 25.3 Å². The molecule has 2 aromatic rings. The SMILES string of the molecule is COC(=O)c1cc(O[C@@H](C)C(=O)N2CCc3ccccc32)cc(C(=O)OC)c1. The topological polar surface area (TPSA) is 82.1 Å². The molecule has 3 rings (SSSR count). The molecule has 146 valence electrons. The highest BCUT2D eigenvalue weighted by molar-refractivity contribution is 5.99. The van der Waals surface area contributed by atoms with Gasteiger partial charge in [0.1, 0.15) is 5.75 Å². The smallest absolute Gasteiger partial charge is 0.338 e. The van der Waals surface area contributed by atoms with Gasteiger partial charge in [-0.3, -0.25) is 4.79 Å². The lowest BCUT2D eigenvalue weighted by Gasteiger charge is -2.22. The first kappa shape index (κ1) is 19.4. The fraction of sp³-hybridized carbons (Fsp3) is 0.286. The molecular formula is C21H21NO6. The molecule has 2 aromatic carbocycles. The molecule has 1 aliphatic heterocycles. The summed E-state index contributed by atoms with van der Waals surface area (Å²) in [5, 5.41) is 0. The molecule has 0 saturated heterocycles. The Morgan fingerprint density at radius 2 is 1.57 bits per heavy atom. The summed E-state index contributed by atoms with van der Waals surface area (Å²) in [7, 11) is 2.48. The number of para-hydroxylation sites is 1. The summed E-state index contributed by atoms with van der Waals surface area (Å²) in [6, 6.07) is 11.9. The molecule has 7 nitrogen and oxygen atoms in total. The molecular weight excluding hydrogens is 362 g/mol. The van der Waals surface area contributed by atoms with E-state index in [1.165, 1.54) is 32.4 Å². The minimum Gasteiger partial charge on any atom is -0.481 e. The first-order valence-electron chi connectivity index (χ1n) is 8.82. The summed E-state index contributed by atoms with van der Waals surface area (Å²) in [4.78, 5) is 38.3. The Morgan fingerprint density at radius 3 is 2.18 bits per heavy atom. The molecule has 0 bridgehead atoms. The highest BCUT2D eigenvalue weighted by atomic mass is 16.5. The largest absolute Gasteiger partial charge is 0.481 e. The van der Waals surface area contributed by atoms with Crippen molar-refractivity contribution in [2.75, 3.05) is 25.7 Å². The van der Waals surface area contributed by atoms with E-state index in [1.807, 2.05) is 24.3 Å². The number of hydrogen-bond acceptors (Lipinski definition) is 6. The predicted molar refractivity (Wildman–Crippen MR) is 102 cm³/mol. The van der Waals surface area contributed by atoms with Crippen molar-refractivity contribution in [1.29, 1.82) is 0 Å². The maximum Gasteiger partial charge on any atom is 0.338 e. The zero-order valence-electron chi connectivity index (χ0n) is 15.9. The number of rotatable bonds is 5. The van der Waals surface area contributed by atoms with Crippen LogP contribution in [0.4, 0.5) is 5.69 Å². The standard InChI is InChI=1S/C21H21NO6/c1-13(19(23)22-9-8-14-6-4-5-7-18(14)22)28-17-11-15(20(24)26-2)10-16(12-17)21(25)27-3/h4-7,10-13H,8-9H2,1-3H3/t13-/m0/s1. The number of anilines is 1. The van der Waals surface area contributed by atoms with Crippen molar-refractivity contribution < 1.29 is 28.6 Å². The van der Waals surface area contributed by atoms with Gasteiger partial charge >= 0.3 is 11.9 Å². The van der Waals surface area contributed by atoms with Gasteiger partial charge in [-0.25, -0.2) is 9.59 Å². The van der Waals surface area contributed by atoms with E-state index >= 15 is 0 Å². The molecule has 1 atom stereocenters. The van der Waals surface area contributed by atoms with Crippen molar-refractivity contribution in [1.82, 2.24) is 0 Å². The minimum absolute atomic E-state index is 0.131. The van der Waals surface area contributed by atoms with Gasteiger partial charge in [0, 0.05) is 12.2 Å². The Kier molecular flexibility index (Phi) is 5.63. The van der Waals surface area contributed by atoms with Crippen molar-refractivity contribution in [2.24, 2.45) is 0 Å². The van der Waals surface area contributed by atoms with Gasteiger partial charge in [0.2, 0.25) is 0 Å². The molecule has 0 radical (unpaired) electrons. The Hall–Kier alpha value is -3.35. The van der Waals surface area contributed by atoms with Gasteiger partial charge in [-0.1, -0.05) is 18.2 Å². The number of nitrogens with zero attached hydrogens (tertiary/aromatic N) is 1. The van der Waals surface area contributed by atoms with Gasteiger partial charge in [0.25, 0.3) is 5.91 Å². The van der Waals surface area contributed by atoms with Crippen molar-refractivity contribution in [3.63, 3.8) is 0 Å². The number of hydrogen-bond donors (Lipinski definition) is 0. The lowest BCUT2D eigenvalue weighted by atomic mass is 10.1. The van der Waals surface area contributed by atoms with Crippen LogP contribution in [-0.2, 0) is 20.7 Å². The van der Waals surface area contributed by atoms with Gasteiger partial charge in [-0.15, -0.1) is 0 Å². The lowest BCUT2D eigenvalue weighted by Crippen LogP contribution is -2.39. The molecule has 0 aromatic heterocycles. The zero-order valence-corrected chi connectivity index (χ0v) is 15.9. The molecule has 28 heavy (non-hydrogen) atoms. The number of carbonyl (C=O) groups is 3. The number of fused-ring (bicyclic) bond motifs is 1. The number of esters is 2. The molecule has 0 spiro atoms. The lowest BCUT2D eigenvalue weighted by molar-refractivity contribution is -0.124. The van der Waals surface area contributed by atoms with E-state index < -0.39 is 18.0 Å². The Bertz CT molecular complexity index is 889. The highest BCUT2D eigenvalue weighted by Crippen LogP contribution is 2.29. The highest BCUT2D eigenvalue weighted by Gasteiger charge is 2.29. The minimum atomic E-state index is -0.815. The quantitative estimate of drug-likeness (QED) is 0.738. The molecule has 1 amide bonds. The normalized spacial score (nSPS) is 13.5. The summed E-state index contributed by atoms with van der Waals surface area (Å²) in [6.45, 7) is 2.22. The van der Waals surface area contributed by atoms with E-state index in [0.717, 1.165) is 17.7 Å². The monoisotopic (exact) mass is 383 g/mol. The van der Waals surface area contributed by atoms with E-state index in [9.17, 15) is 14.4 Å². The molecule has 7 heteroatoms. The first-order chi connectivity index (χ1) is 13.4. The van der Waals surface area contributed by atoms with E-state index in [4.69, 9.17) is 14.2 Å². The molecule has 0 fully saturated rings. The second-order valence-electron chi connectivity index (χ2n) is 6.36. The van der Waals surface area contributed by atoms with Crippen LogP contribution in [0.2, 0.25) is 0 Å². The maximum atomic E-state index is 12.9. The van der Waals surface area contributed by atoms with Crippen LogP contribution in [-0.4, -0.2) is 44.7 Å². The Labute approximate surface area is 162 Å². The third-order valence-electron chi connectivity index (χ3n) is 4.56. The molecule has 0 saturated carbocycles. The summed E-state index contributed by atoms with van der Waals surface area (Å²) in [6.07, 6.45) is -0.0246. The van der Waals surface area contributed by atoms with Gasteiger partial charge in [0.15, 0.2) is 6.10 Å². The van der Waals surface area contributed by atoms with E-state index in [2.05, 4.69) is 0 Å². The van der Waals surface area contributed by atoms with Crippen LogP contribution >= 0.6 is 0 Å². The van der Waals surface area contributed by atoms with E-state index in [-0.39, 0.29) is 22.8 Å². The number of ether oxygens (including phenoxy) is 3. The van der Waals surface area contributed by atoms with Crippen molar-refractivity contribution >= 4 is 23.5 Å². The van der Waals surface area contributed by atoms with Crippen LogP contribution in [0.3, 0.4) is 0 Å². The number of amides is 1. The average molecular weight is 383 g/mol. The summed E-state index contributed by atoms with van der Waals surface area (Å²) in [5.41, 5.74) is 2.25. The van der Waals surface area contributed by atoms with Gasteiger partial charge in [-0.2, -0.15) is 0 Å². The maximum absolute atomic E-state index is 12.9. The van der Waals surface area contributed by atoms with Crippen LogP contribution in [0, 0.1) is 0 Å². The number of benzene rings is 2. The fourth-order valence-corrected chi connectivity index (χ4v) is 3.18. The van der Waals surface area contributed by atoms with Crippen LogP contribution in [0.15, 0.2) is 42.5 Å². The van der Waals surface area contributed by atoms with Crippen LogP contribution in [0.25, 0.3) is 0 Å². The average Bonchev–Trinajstić information content (AvgIpc) is 3.15. The fourth-order valence-electron chi connectivity index (χ4n) is 3.18. The molecule has 0 N–H and O–H groups in total.